The van der Waals surface area contributed by atoms with E-state index in [0.717, 1.165) is 12.8 Å². The van der Waals surface area contributed by atoms with Crippen LogP contribution in [0.25, 0.3) is 11.1 Å². The molecule has 1 amide bonds. The van der Waals surface area contributed by atoms with Crippen molar-refractivity contribution < 1.29 is 9.21 Å². The summed E-state index contributed by atoms with van der Waals surface area (Å²) in [6.07, 6.45) is 2.33. The van der Waals surface area contributed by atoms with Crippen molar-refractivity contribution in [3.05, 3.63) is 34.3 Å². The van der Waals surface area contributed by atoms with Crippen LogP contribution in [0, 0.1) is 11.3 Å². The van der Waals surface area contributed by atoms with E-state index in [4.69, 9.17) is 4.42 Å². The van der Waals surface area contributed by atoms with Gasteiger partial charge in [-0.05, 0) is 36.3 Å². The molecule has 1 aromatic carbocycles. The molecule has 106 valence electrons. The highest BCUT2D eigenvalue weighted by Gasteiger charge is 2.45. The van der Waals surface area contributed by atoms with Crippen molar-refractivity contribution in [1.29, 1.82) is 0 Å². The van der Waals surface area contributed by atoms with Crippen molar-refractivity contribution in [1.82, 2.24) is 10.3 Å². The van der Waals surface area contributed by atoms with Gasteiger partial charge in [0.25, 0.3) is 5.91 Å². The number of aromatic nitrogens is 1. The van der Waals surface area contributed by atoms with Crippen LogP contribution in [0.1, 0.15) is 37.0 Å². The first-order valence-corrected chi connectivity index (χ1v) is 6.92. The SMILES string of the molecule is CC(C)C1(CNC(=O)c2cccc3oc(=O)[nH]c23)CC1. The van der Waals surface area contributed by atoms with Crippen molar-refractivity contribution in [2.45, 2.75) is 26.7 Å². The molecule has 5 nitrogen and oxygen atoms in total. The van der Waals surface area contributed by atoms with Crippen LogP contribution in [0.15, 0.2) is 27.4 Å². The third kappa shape index (κ3) is 2.13. The Bertz CT molecular complexity index is 707. The minimum atomic E-state index is -0.541. The molecule has 0 spiro atoms. The first-order valence-electron chi connectivity index (χ1n) is 6.92. The molecule has 0 atom stereocenters. The minimum absolute atomic E-state index is 0.167. The van der Waals surface area contributed by atoms with Gasteiger partial charge in [-0.25, -0.2) is 4.79 Å². The predicted molar refractivity (Wildman–Crippen MR) is 75.7 cm³/mol. The minimum Gasteiger partial charge on any atom is -0.408 e. The highest BCUT2D eigenvalue weighted by molar-refractivity contribution is 6.04. The van der Waals surface area contributed by atoms with Crippen LogP contribution >= 0.6 is 0 Å². The Morgan fingerprint density at radius 2 is 2.20 bits per heavy atom. The Hall–Kier alpha value is -2.04. The fraction of sp³-hybridized carbons (Fsp3) is 0.467. The Kier molecular flexibility index (Phi) is 2.92. The van der Waals surface area contributed by atoms with Crippen LogP contribution in [-0.2, 0) is 0 Å². The quantitative estimate of drug-likeness (QED) is 0.898. The van der Waals surface area contributed by atoms with Crippen molar-refractivity contribution in [2.75, 3.05) is 6.54 Å². The van der Waals surface area contributed by atoms with Gasteiger partial charge < -0.3 is 9.73 Å². The van der Waals surface area contributed by atoms with Crippen molar-refractivity contribution >= 4 is 17.0 Å². The summed E-state index contributed by atoms with van der Waals surface area (Å²) in [5, 5.41) is 2.98. The fourth-order valence-electron chi connectivity index (χ4n) is 2.63. The zero-order chi connectivity index (χ0) is 14.3. The summed E-state index contributed by atoms with van der Waals surface area (Å²) in [5.41, 5.74) is 1.58. The number of aromatic amines is 1. The van der Waals surface area contributed by atoms with Crippen molar-refractivity contribution in [2.24, 2.45) is 11.3 Å². The number of carbonyl (C=O) groups excluding carboxylic acids is 1. The molecule has 1 saturated carbocycles. The van der Waals surface area contributed by atoms with Gasteiger partial charge >= 0.3 is 5.76 Å². The molecule has 0 saturated heterocycles. The van der Waals surface area contributed by atoms with Crippen molar-refractivity contribution in [3.63, 3.8) is 0 Å². The average Bonchev–Trinajstić information content (AvgIpc) is 3.11. The van der Waals surface area contributed by atoms with E-state index in [1.807, 2.05) is 0 Å². The lowest BCUT2D eigenvalue weighted by Crippen LogP contribution is -2.32. The average molecular weight is 274 g/mol. The smallest absolute Gasteiger partial charge is 0.408 e. The maximum absolute atomic E-state index is 12.3. The number of hydrogen-bond acceptors (Lipinski definition) is 3. The van der Waals surface area contributed by atoms with Crippen molar-refractivity contribution in [3.8, 4) is 0 Å². The summed E-state index contributed by atoms with van der Waals surface area (Å²) in [6, 6.07) is 5.07. The van der Waals surface area contributed by atoms with Gasteiger partial charge in [0, 0.05) is 6.54 Å². The predicted octanol–water partition coefficient (Wildman–Crippen LogP) is 2.29. The molecule has 3 rings (SSSR count). The molecule has 0 unspecified atom stereocenters. The molecule has 2 N–H and O–H groups in total. The Morgan fingerprint density at radius 3 is 2.85 bits per heavy atom. The summed E-state index contributed by atoms with van der Waals surface area (Å²) in [5.74, 6) is -0.145. The lowest BCUT2D eigenvalue weighted by atomic mass is 9.92. The van der Waals surface area contributed by atoms with Crippen LogP contribution in [0.3, 0.4) is 0 Å². The van der Waals surface area contributed by atoms with E-state index in [0.29, 0.717) is 29.1 Å². The molecule has 1 heterocycles. The highest BCUT2D eigenvalue weighted by atomic mass is 16.4. The maximum atomic E-state index is 12.3. The Balaban J connectivity index is 1.81. The van der Waals surface area contributed by atoms with E-state index >= 15 is 0 Å². The Morgan fingerprint density at radius 1 is 1.45 bits per heavy atom. The number of H-pyrrole nitrogens is 1. The number of nitrogens with one attached hydrogen (secondary N) is 2. The second kappa shape index (κ2) is 4.51. The van der Waals surface area contributed by atoms with Crippen LogP contribution in [0.4, 0.5) is 0 Å². The van der Waals surface area contributed by atoms with Crippen LogP contribution in [0.2, 0.25) is 0 Å². The number of para-hydroxylation sites is 1. The maximum Gasteiger partial charge on any atom is 0.417 e. The third-order valence-corrected chi connectivity index (χ3v) is 4.42. The van der Waals surface area contributed by atoms with E-state index < -0.39 is 5.76 Å². The summed E-state index contributed by atoms with van der Waals surface area (Å²) in [6.45, 7) is 5.06. The molecular weight excluding hydrogens is 256 g/mol. The van der Waals surface area contributed by atoms with Crippen LogP contribution in [0.5, 0.6) is 0 Å². The monoisotopic (exact) mass is 274 g/mol. The van der Waals surface area contributed by atoms with Gasteiger partial charge in [-0.2, -0.15) is 0 Å². The molecule has 20 heavy (non-hydrogen) atoms. The largest absolute Gasteiger partial charge is 0.417 e. The zero-order valence-corrected chi connectivity index (χ0v) is 11.7. The standard InChI is InChI=1S/C15H18N2O3/c1-9(2)15(6-7-15)8-16-13(18)10-4-3-5-11-12(10)17-14(19)20-11/h3-5,9H,6-8H2,1-2H3,(H,16,18)(H,17,19). The third-order valence-electron chi connectivity index (χ3n) is 4.42. The molecule has 0 radical (unpaired) electrons. The van der Waals surface area contributed by atoms with Gasteiger partial charge in [0.1, 0.15) is 0 Å². The lowest BCUT2D eigenvalue weighted by molar-refractivity contribution is 0.0941. The van der Waals surface area contributed by atoms with Gasteiger partial charge in [-0.15, -0.1) is 0 Å². The number of amides is 1. The zero-order valence-electron chi connectivity index (χ0n) is 11.7. The Labute approximate surface area is 116 Å². The molecule has 1 fully saturated rings. The first-order chi connectivity index (χ1) is 9.52. The first kappa shape index (κ1) is 13.0. The normalized spacial score (nSPS) is 16.6. The number of hydrogen-bond donors (Lipinski definition) is 2. The summed E-state index contributed by atoms with van der Waals surface area (Å²) < 4.78 is 4.96. The molecule has 0 bridgehead atoms. The van der Waals surface area contributed by atoms with E-state index in [2.05, 4.69) is 24.1 Å². The summed E-state index contributed by atoms with van der Waals surface area (Å²) in [4.78, 5) is 26.1. The molecule has 1 aromatic heterocycles. The van der Waals surface area contributed by atoms with E-state index in [-0.39, 0.29) is 11.3 Å². The van der Waals surface area contributed by atoms with Gasteiger partial charge in [0.15, 0.2) is 5.58 Å². The molecular formula is C15H18N2O3. The van der Waals surface area contributed by atoms with Gasteiger partial charge in [-0.3, -0.25) is 9.78 Å². The van der Waals surface area contributed by atoms with Gasteiger partial charge in [-0.1, -0.05) is 19.9 Å². The molecule has 0 aliphatic heterocycles. The number of fused-ring (bicyclic) bond motifs is 1. The number of benzene rings is 1. The van der Waals surface area contributed by atoms with Crippen LogP contribution in [-0.4, -0.2) is 17.4 Å². The number of rotatable bonds is 4. The summed E-state index contributed by atoms with van der Waals surface area (Å²) >= 11 is 0. The molecule has 5 heteroatoms. The summed E-state index contributed by atoms with van der Waals surface area (Å²) in [7, 11) is 0. The second-order valence-electron chi connectivity index (χ2n) is 5.89. The van der Waals surface area contributed by atoms with Gasteiger partial charge in [0.2, 0.25) is 0 Å². The molecule has 1 aliphatic carbocycles. The molecule has 2 aromatic rings. The van der Waals surface area contributed by atoms with E-state index in [1.54, 1.807) is 18.2 Å². The van der Waals surface area contributed by atoms with E-state index in [1.165, 1.54) is 0 Å². The number of oxazole rings is 1. The van der Waals surface area contributed by atoms with Crippen LogP contribution < -0.4 is 11.1 Å². The molecule has 1 aliphatic rings. The highest BCUT2D eigenvalue weighted by Crippen LogP contribution is 2.51. The van der Waals surface area contributed by atoms with E-state index in [9.17, 15) is 9.59 Å². The number of carbonyl (C=O) groups is 1. The second-order valence-corrected chi connectivity index (χ2v) is 5.89. The lowest BCUT2D eigenvalue weighted by Gasteiger charge is -2.20. The topological polar surface area (TPSA) is 75.1 Å². The van der Waals surface area contributed by atoms with Gasteiger partial charge in [0.05, 0.1) is 11.1 Å². The fourth-order valence-corrected chi connectivity index (χ4v) is 2.63.